The average Bonchev–Trinajstić information content (AvgIpc) is 2.69. The number of carbonyl (C=O) groups is 1. The number of hydrogen-bond donors (Lipinski definition) is 2. The third-order valence-electron chi connectivity index (χ3n) is 4.05. The minimum atomic E-state index is -0.0971. The van der Waals surface area contributed by atoms with Crippen LogP contribution in [-0.4, -0.2) is 12.5 Å². The number of anilines is 1. The number of rotatable bonds is 4. The number of nitrogens with two attached hydrogens (primary N) is 1. The fraction of sp³-hybridized carbons (Fsp3) is 0.588. The van der Waals surface area contributed by atoms with E-state index in [-0.39, 0.29) is 23.2 Å². The Kier molecular flexibility index (Phi) is 4.19. The highest BCUT2D eigenvalue weighted by Gasteiger charge is 2.37. The summed E-state index contributed by atoms with van der Waals surface area (Å²) in [5, 5.41) is 3.03. The molecule has 1 aliphatic rings. The Morgan fingerprint density at radius 3 is 2.60 bits per heavy atom. The summed E-state index contributed by atoms with van der Waals surface area (Å²) in [7, 11) is 0. The van der Waals surface area contributed by atoms with E-state index in [1.54, 1.807) is 0 Å². The van der Waals surface area contributed by atoms with Crippen LogP contribution in [0.4, 0.5) is 5.69 Å². The SMILES string of the molecule is CCc1ccc2c(c1)NC(=O)C2C(CN)CC(C)(C)C. The van der Waals surface area contributed by atoms with Gasteiger partial charge in [0.05, 0.1) is 5.92 Å². The predicted octanol–water partition coefficient (Wildman–Crippen LogP) is 3.30. The van der Waals surface area contributed by atoms with Gasteiger partial charge in [0, 0.05) is 5.69 Å². The minimum Gasteiger partial charge on any atom is -0.330 e. The Morgan fingerprint density at radius 2 is 2.05 bits per heavy atom. The second-order valence-electron chi connectivity index (χ2n) is 7.00. The van der Waals surface area contributed by atoms with Gasteiger partial charge in [0.1, 0.15) is 0 Å². The predicted molar refractivity (Wildman–Crippen MR) is 83.8 cm³/mol. The van der Waals surface area contributed by atoms with Crippen LogP contribution < -0.4 is 11.1 Å². The van der Waals surface area contributed by atoms with E-state index in [4.69, 9.17) is 5.73 Å². The van der Waals surface area contributed by atoms with Crippen LogP contribution in [0.15, 0.2) is 18.2 Å². The molecule has 3 heteroatoms. The van der Waals surface area contributed by atoms with Gasteiger partial charge in [0.2, 0.25) is 5.91 Å². The summed E-state index contributed by atoms with van der Waals surface area (Å²) in [5.41, 5.74) is 9.48. The lowest BCUT2D eigenvalue weighted by Crippen LogP contribution is -2.30. The minimum absolute atomic E-state index is 0.0971. The summed E-state index contributed by atoms with van der Waals surface area (Å²) < 4.78 is 0. The first-order chi connectivity index (χ1) is 9.35. The second-order valence-corrected chi connectivity index (χ2v) is 7.00. The number of benzene rings is 1. The van der Waals surface area contributed by atoms with Gasteiger partial charge in [-0.1, -0.05) is 39.8 Å². The van der Waals surface area contributed by atoms with Crippen molar-refractivity contribution in [3.05, 3.63) is 29.3 Å². The van der Waals surface area contributed by atoms with Crippen molar-refractivity contribution in [2.45, 2.75) is 46.5 Å². The van der Waals surface area contributed by atoms with Crippen LogP contribution in [0.25, 0.3) is 0 Å². The Hall–Kier alpha value is -1.35. The van der Waals surface area contributed by atoms with Crippen LogP contribution in [0, 0.1) is 11.3 Å². The van der Waals surface area contributed by atoms with Crippen LogP contribution in [0.1, 0.15) is 51.2 Å². The maximum absolute atomic E-state index is 12.4. The average molecular weight is 274 g/mol. The third-order valence-corrected chi connectivity index (χ3v) is 4.05. The lowest BCUT2D eigenvalue weighted by atomic mass is 9.76. The molecule has 1 aliphatic heterocycles. The van der Waals surface area contributed by atoms with Crippen LogP contribution >= 0.6 is 0 Å². The van der Waals surface area contributed by atoms with Gasteiger partial charge in [-0.2, -0.15) is 0 Å². The zero-order valence-corrected chi connectivity index (χ0v) is 13.0. The lowest BCUT2D eigenvalue weighted by Gasteiger charge is -2.28. The first-order valence-corrected chi connectivity index (χ1v) is 7.49. The summed E-state index contributed by atoms with van der Waals surface area (Å²) in [6.45, 7) is 9.26. The van der Waals surface area contributed by atoms with Gasteiger partial charge in [0.15, 0.2) is 0 Å². The lowest BCUT2D eigenvalue weighted by molar-refractivity contribution is -0.118. The molecule has 20 heavy (non-hydrogen) atoms. The quantitative estimate of drug-likeness (QED) is 0.885. The van der Waals surface area contributed by atoms with E-state index < -0.39 is 0 Å². The Morgan fingerprint density at radius 1 is 1.35 bits per heavy atom. The summed E-state index contributed by atoms with van der Waals surface area (Å²) in [4.78, 5) is 12.4. The molecule has 2 atom stereocenters. The van der Waals surface area contributed by atoms with E-state index in [0.29, 0.717) is 6.54 Å². The number of aryl methyl sites for hydroxylation is 1. The summed E-state index contributed by atoms with van der Waals surface area (Å²) in [6.07, 6.45) is 1.94. The summed E-state index contributed by atoms with van der Waals surface area (Å²) >= 11 is 0. The molecule has 3 nitrogen and oxygen atoms in total. The molecule has 0 fully saturated rings. The van der Waals surface area contributed by atoms with E-state index >= 15 is 0 Å². The molecule has 2 rings (SSSR count). The van der Waals surface area contributed by atoms with Crippen LogP contribution in [0.2, 0.25) is 0 Å². The summed E-state index contributed by atoms with van der Waals surface area (Å²) in [5.74, 6) is 0.205. The van der Waals surface area contributed by atoms with Crippen molar-refractivity contribution in [1.29, 1.82) is 0 Å². The monoisotopic (exact) mass is 274 g/mol. The van der Waals surface area contributed by atoms with Crippen molar-refractivity contribution in [1.82, 2.24) is 0 Å². The second kappa shape index (κ2) is 5.57. The molecule has 0 aromatic heterocycles. The molecule has 0 spiro atoms. The summed E-state index contributed by atoms with van der Waals surface area (Å²) in [6, 6.07) is 6.32. The Balaban J connectivity index is 2.31. The zero-order chi connectivity index (χ0) is 14.9. The van der Waals surface area contributed by atoms with Crippen molar-refractivity contribution in [3.63, 3.8) is 0 Å². The maximum Gasteiger partial charge on any atom is 0.232 e. The van der Waals surface area contributed by atoms with E-state index in [1.165, 1.54) is 5.56 Å². The van der Waals surface area contributed by atoms with E-state index in [9.17, 15) is 4.79 Å². The molecule has 3 N–H and O–H groups in total. The third kappa shape index (κ3) is 3.04. The molecule has 0 radical (unpaired) electrons. The van der Waals surface area contributed by atoms with Gasteiger partial charge < -0.3 is 11.1 Å². The topological polar surface area (TPSA) is 55.1 Å². The number of hydrogen-bond acceptors (Lipinski definition) is 2. The number of fused-ring (bicyclic) bond motifs is 1. The van der Waals surface area contributed by atoms with Gasteiger partial charge in [0.25, 0.3) is 0 Å². The Labute approximate surface area is 121 Å². The smallest absolute Gasteiger partial charge is 0.232 e. The number of nitrogens with one attached hydrogen (secondary N) is 1. The van der Waals surface area contributed by atoms with Gasteiger partial charge in [-0.3, -0.25) is 4.79 Å². The molecular weight excluding hydrogens is 248 g/mol. The standard InChI is InChI=1S/C17H26N2O/c1-5-11-6-7-13-14(8-11)19-16(20)15(13)12(10-18)9-17(2,3)4/h6-8,12,15H,5,9-10,18H2,1-4H3,(H,19,20). The zero-order valence-electron chi connectivity index (χ0n) is 13.0. The molecule has 1 aromatic carbocycles. The van der Waals surface area contributed by atoms with E-state index in [0.717, 1.165) is 24.1 Å². The molecule has 0 bridgehead atoms. The highest BCUT2D eigenvalue weighted by molar-refractivity contribution is 6.03. The van der Waals surface area contributed by atoms with E-state index in [2.05, 4.69) is 51.2 Å². The number of amides is 1. The highest BCUT2D eigenvalue weighted by Crippen LogP contribution is 2.41. The largest absolute Gasteiger partial charge is 0.330 e. The van der Waals surface area contributed by atoms with Crippen LogP contribution in [0.3, 0.4) is 0 Å². The molecule has 1 heterocycles. The normalized spacial score (nSPS) is 19.6. The molecule has 0 saturated heterocycles. The molecular formula is C17H26N2O. The molecule has 0 saturated carbocycles. The first-order valence-electron chi connectivity index (χ1n) is 7.49. The highest BCUT2D eigenvalue weighted by atomic mass is 16.2. The fourth-order valence-electron chi connectivity index (χ4n) is 3.15. The van der Waals surface area contributed by atoms with Crippen LogP contribution in [-0.2, 0) is 11.2 Å². The number of carbonyl (C=O) groups excluding carboxylic acids is 1. The fourth-order valence-corrected chi connectivity index (χ4v) is 3.15. The molecule has 1 amide bonds. The van der Waals surface area contributed by atoms with Crippen LogP contribution in [0.5, 0.6) is 0 Å². The van der Waals surface area contributed by atoms with Gasteiger partial charge in [-0.15, -0.1) is 0 Å². The van der Waals surface area contributed by atoms with Crippen molar-refractivity contribution < 1.29 is 4.79 Å². The van der Waals surface area contributed by atoms with Gasteiger partial charge in [-0.05, 0) is 47.9 Å². The van der Waals surface area contributed by atoms with Gasteiger partial charge in [-0.25, -0.2) is 0 Å². The molecule has 110 valence electrons. The van der Waals surface area contributed by atoms with Gasteiger partial charge >= 0.3 is 0 Å². The van der Waals surface area contributed by atoms with Crippen molar-refractivity contribution in [3.8, 4) is 0 Å². The molecule has 1 aromatic rings. The molecule has 0 aliphatic carbocycles. The van der Waals surface area contributed by atoms with Crippen molar-refractivity contribution in [2.75, 3.05) is 11.9 Å². The molecule has 2 unspecified atom stereocenters. The Bertz CT molecular complexity index is 502. The maximum atomic E-state index is 12.4. The van der Waals surface area contributed by atoms with E-state index in [1.807, 2.05) is 0 Å². The first kappa shape index (κ1) is 15.0. The van der Waals surface area contributed by atoms with Crippen molar-refractivity contribution in [2.24, 2.45) is 17.1 Å². The van der Waals surface area contributed by atoms with Crippen molar-refractivity contribution >= 4 is 11.6 Å².